The Bertz CT molecular complexity index is 492. The van der Waals surface area contributed by atoms with Gasteiger partial charge in [-0.15, -0.1) is 0 Å². The summed E-state index contributed by atoms with van der Waals surface area (Å²) in [5.74, 6) is -0.304. The normalized spacial score (nSPS) is 17.4. The van der Waals surface area contributed by atoms with Crippen LogP contribution in [0.3, 0.4) is 0 Å². The molecule has 1 heterocycles. The Morgan fingerprint density at radius 3 is 2.44 bits per heavy atom. The maximum Gasteiger partial charge on any atom is 0.339 e. The summed E-state index contributed by atoms with van der Waals surface area (Å²) in [5, 5.41) is 9.86. The van der Waals surface area contributed by atoms with E-state index in [-0.39, 0.29) is 0 Å². The van der Waals surface area contributed by atoms with Crippen LogP contribution in [0.15, 0.2) is 12.1 Å². The highest BCUT2D eigenvalue weighted by Gasteiger charge is 2.33. The maximum atomic E-state index is 11.3. The predicted octanol–water partition coefficient (Wildman–Crippen LogP) is 1.71. The van der Waals surface area contributed by atoms with Gasteiger partial charge in [0.25, 0.3) is 0 Å². The topological polar surface area (TPSA) is 65.0 Å². The molecule has 1 aromatic carbocycles. The summed E-state index contributed by atoms with van der Waals surface area (Å²) in [6, 6.07) is 3.35. The second-order valence-corrected chi connectivity index (χ2v) is 4.69. The van der Waals surface area contributed by atoms with Crippen LogP contribution in [0.25, 0.3) is 0 Å². The molecule has 1 N–H and O–H groups in total. The van der Waals surface area contributed by atoms with E-state index in [1.165, 1.54) is 7.11 Å². The molecule has 0 radical (unpaired) electrons. The standard InChI is InChI=1S/C13H16O5/c1-7-5-9-10(18-13(2,3)17-9)6-8(7)11(14)12(15)16-4/h5-6,11,14H,1-4H3. The van der Waals surface area contributed by atoms with Crippen LogP contribution >= 0.6 is 0 Å². The van der Waals surface area contributed by atoms with Gasteiger partial charge < -0.3 is 19.3 Å². The third kappa shape index (κ3) is 2.13. The van der Waals surface area contributed by atoms with Gasteiger partial charge in [-0.25, -0.2) is 4.79 Å². The lowest BCUT2D eigenvalue weighted by Crippen LogP contribution is -2.29. The van der Waals surface area contributed by atoms with Crippen molar-refractivity contribution in [3.8, 4) is 11.5 Å². The van der Waals surface area contributed by atoms with Gasteiger partial charge in [0.05, 0.1) is 7.11 Å². The predicted molar refractivity (Wildman–Crippen MR) is 63.5 cm³/mol. The van der Waals surface area contributed by atoms with E-state index in [0.717, 1.165) is 5.56 Å². The highest BCUT2D eigenvalue weighted by atomic mass is 16.7. The van der Waals surface area contributed by atoms with Crippen molar-refractivity contribution in [2.45, 2.75) is 32.7 Å². The van der Waals surface area contributed by atoms with E-state index in [2.05, 4.69) is 4.74 Å². The maximum absolute atomic E-state index is 11.3. The SMILES string of the molecule is COC(=O)C(O)c1cc2c(cc1C)OC(C)(C)O2. The summed E-state index contributed by atoms with van der Waals surface area (Å²) >= 11 is 0. The Morgan fingerprint density at radius 1 is 1.33 bits per heavy atom. The molecule has 5 nitrogen and oxygen atoms in total. The van der Waals surface area contributed by atoms with Crippen molar-refractivity contribution in [1.82, 2.24) is 0 Å². The molecule has 0 bridgehead atoms. The molecule has 0 fully saturated rings. The number of carbonyl (C=O) groups excluding carboxylic acids is 1. The van der Waals surface area contributed by atoms with Gasteiger partial charge in [0.2, 0.25) is 5.79 Å². The van der Waals surface area contributed by atoms with Crippen molar-refractivity contribution in [3.63, 3.8) is 0 Å². The number of esters is 1. The lowest BCUT2D eigenvalue weighted by Gasteiger charge is -2.16. The molecule has 1 unspecified atom stereocenters. The molecule has 1 aliphatic heterocycles. The van der Waals surface area contributed by atoms with E-state index in [9.17, 15) is 9.90 Å². The minimum atomic E-state index is -1.31. The van der Waals surface area contributed by atoms with Gasteiger partial charge in [0.15, 0.2) is 17.6 Å². The molecule has 2 rings (SSSR count). The third-order valence-electron chi connectivity index (χ3n) is 2.76. The fourth-order valence-corrected chi connectivity index (χ4v) is 1.92. The van der Waals surface area contributed by atoms with Crippen LogP contribution in [0.1, 0.15) is 31.1 Å². The fraction of sp³-hybridized carbons (Fsp3) is 0.462. The number of hydrogen-bond acceptors (Lipinski definition) is 5. The van der Waals surface area contributed by atoms with Crippen LogP contribution in [0.2, 0.25) is 0 Å². The van der Waals surface area contributed by atoms with Gasteiger partial charge >= 0.3 is 5.97 Å². The third-order valence-corrected chi connectivity index (χ3v) is 2.76. The van der Waals surface area contributed by atoms with E-state index in [0.29, 0.717) is 17.1 Å². The van der Waals surface area contributed by atoms with Crippen LogP contribution < -0.4 is 9.47 Å². The number of aryl methyl sites for hydroxylation is 1. The smallest absolute Gasteiger partial charge is 0.339 e. The Balaban J connectivity index is 2.39. The summed E-state index contributed by atoms with van der Waals surface area (Å²) in [4.78, 5) is 11.3. The van der Waals surface area contributed by atoms with Gasteiger partial charge in [-0.05, 0) is 30.2 Å². The largest absolute Gasteiger partial charge is 0.467 e. The molecular formula is C13H16O5. The van der Waals surface area contributed by atoms with Crippen LogP contribution in [0.4, 0.5) is 0 Å². The molecule has 1 aromatic rings. The molecular weight excluding hydrogens is 236 g/mol. The second-order valence-electron chi connectivity index (χ2n) is 4.69. The van der Waals surface area contributed by atoms with Crippen LogP contribution in [-0.4, -0.2) is 24.0 Å². The number of aliphatic hydroxyl groups excluding tert-OH is 1. The fourth-order valence-electron chi connectivity index (χ4n) is 1.92. The molecule has 98 valence electrons. The summed E-state index contributed by atoms with van der Waals surface area (Å²) in [7, 11) is 1.23. The molecule has 0 amide bonds. The van der Waals surface area contributed by atoms with Crippen molar-refractivity contribution in [2.24, 2.45) is 0 Å². The first-order chi connectivity index (χ1) is 8.34. The van der Waals surface area contributed by atoms with Gasteiger partial charge in [-0.1, -0.05) is 0 Å². The number of rotatable bonds is 2. The molecule has 1 atom stereocenters. The van der Waals surface area contributed by atoms with Gasteiger partial charge in [-0.3, -0.25) is 0 Å². The number of hydrogen-bond donors (Lipinski definition) is 1. The Kier molecular flexibility index (Phi) is 2.94. The van der Waals surface area contributed by atoms with Gasteiger partial charge in [0, 0.05) is 13.8 Å². The number of benzene rings is 1. The molecule has 0 saturated heterocycles. The number of ether oxygens (including phenoxy) is 3. The average Bonchev–Trinajstić information content (AvgIpc) is 2.59. The zero-order valence-corrected chi connectivity index (χ0v) is 10.8. The monoisotopic (exact) mass is 252 g/mol. The molecule has 0 aromatic heterocycles. The van der Waals surface area contributed by atoms with Crippen molar-refractivity contribution in [3.05, 3.63) is 23.3 Å². The minimum Gasteiger partial charge on any atom is -0.467 e. The first-order valence-corrected chi connectivity index (χ1v) is 5.62. The molecule has 0 saturated carbocycles. The zero-order valence-electron chi connectivity index (χ0n) is 10.8. The van der Waals surface area contributed by atoms with Crippen LogP contribution in [-0.2, 0) is 9.53 Å². The first-order valence-electron chi connectivity index (χ1n) is 5.62. The van der Waals surface area contributed by atoms with Crippen molar-refractivity contribution in [1.29, 1.82) is 0 Å². The van der Waals surface area contributed by atoms with E-state index in [4.69, 9.17) is 9.47 Å². The van der Waals surface area contributed by atoms with Crippen molar-refractivity contribution >= 4 is 5.97 Å². The van der Waals surface area contributed by atoms with E-state index in [1.54, 1.807) is 32.9 Å². The van der Waals surface area contributed by atoms with E-state index >= 15 is 0 Å². The van der Waals surface area contributed by atoms with Gasteiger partial charge in [0.1, 0.15) is 0 Å². The number of carbonyl (C=O) groups is 1. The van der Waals surface area contributed by atoms with Crippen molar-refractivity contribution in [2.75, 3.05) is 7.11 Å². The zero-order chi connectivity index (χ0) is 13.5. The minimum absolute atomic E-state index is 0.460. The summed E-state index contributed by atoms with van der Waals surface area (Å²) < 4.78 is 15.7. The summed E-state index contributed by atoms with van der Waals surface area (Å²) in [5.41, 5.74) is 1.20. The van der Waals surface area contributed by atoms with E-state index < -0.39 is 17.9 Å². The highest BCUT2D eigenvalue weighted by Crippen LogP contribution is 2.42. The lowest BCUT2D eigenvalue weighted by molar-refractivity contribution is -0.150. The van der Waals surface area contributed by atoms with Crippen molar-refractivity contribution < 1.29 is 24.1 Å². The Morgan fingerprint density at radius 2 is 1.89 bits per heavy atom. The molecule has 0 spiro atoms. The quantitative estimate of drug-likeness (QED) is 0.812. The van der Waals surface area contributed by atoms with Crippen LogP contribution in [0, 0.1) is 6.92 Å². The lowest BCUT2D eigenvalue weighted by atomic mass is 10.0. The molecule has 5 heteroatoms. The number of fused-ring (bicyclic) bond motifs is 1. The van der Waals surface area contributed by atoms with Crippen LogP contribution in [0.5, 0.6) is 11.5 Å². The van der Waals surface area contributed by atoms with E-state index in [1.807, 2.05) is 0 Å². The Labute approximate surface area is 105 Å². The number of methoxy groups -OCH3 is 1. The first kappa shape index (κ1) is 12.7. The summed E-state index contributed by atoms with van der Waals surface area (Å²) in [6.07, 6.45) is -1.31. The highest BCUT2D eigenvalue weighted by molar-refractivity contribution is 5.77. The second kappa shape index (κ2) is 4.17. The number of aliphatic hydroxyl groups is 1. The molecule has 1 aliphatic rings. The summed E-state index contributed by atoms with van der Waals surface area (Å²) in [6.45, 7) is 5.37. The van der Waals surface area contributed by atoms with Gasteiger partial charge in [-0.2, -0.15) is 0 Å². The molecule has 0 aliphatic carbocycles. The Hall–Kier alpha value is -1.75. The molecule has 18 heavy (non-hydrogen) atoms. The average molecular weight is 252 g/mol.